The molecule has 2 N–H and O–H groups in total. The van der Waals surface area contributed by atoms with Crippen LogP contribution in [0.1, 0.15) is 54.2 Å². The lowest BCUT2D eigenvalue weighted by molar-refractivity contribution is 0.660. The molecule has 4 heterocycles. The molecule has 0 atom stereocenters. The van der Waals surface area contributed by atoms with E-state index in [9.17, 15) is 0 Å². The molecule has 0 unspecified atom stereocenters. The summed E-state index contributed by atoms with van der Waals surface area (Å²) in [5.74, 6) is 2.55. The molecule has 0 bridgehead atoms. The van der Waals surface area contributed by atoms with Crippen LogP contribution in [-0.4, -0.2) is 19.6 Å². The van der Waals surface area contributed by atoms with Crippen LogP contribution in [0.25, 0.3) is 5.52 Å². The van der Waals surface area contributed by atoms with Gasteiger partial charge in [0, 0.05) is 42.9 Å². The SMILES string of the molecule is c1ccn2ncc(CNc3nc(C4CCCC4)nc4c3CNC4)c2c1. The molecule has 25 heavy (non-hydrogen) atoms. The van der Waals surface area contributed by atoms with Gasteiger partial charge in [-0.25, -0.2) is 14.5 Å². The van der Waals surface area contributed by atoms with Gasteiger partial charge in [0.1, 0.15) is 11.6 Å². The van der Waals surface area contributed by atoms with Gasteiger partial charge in [-0.05, 0) is 25.0 Å². The Morgan fingerprint density at radius 3 is 3.00 bits per heavy atom. The van der Waals surface area contributed by atoms with E-state index < -0.39 is 0 Å². The topological polar surface area (TPSA) is 67.1 Å². The van der Waals surface area contributed by atoms with Crippen LogP contribution in [0.3, 0.4) is 0 Å². The first-order valence-electron chi connectivity index (χ1n) is 9.14. The third kappa shape index (κ3) is 2.66. The van der Waals surface area contributed by atoms with E-state index in [2.05, 4.69) is 21.8 Å². The molecule has 128 valence electrons. The highest BCUT2D eigenvalue weighted by Gasteiger charge is 2.25. The van der Waals surface area contributed by atoms with E-state index >= 15 is 0 Å². The lowest BCUT2D eigenvalue weighted by Crippen LogP contribution is -2.10. The number of fused-ring (bicyclic) bond motifs is 2. The molecular weight excluding hydrogens is 312 g/mol. The summed E-state index contributed by atoms with van der Waals surface area (Å²) in [4.78, 5) is 9.78. The number of nitrogens with zero attached hydrogens (tertiary/aromatic N) is 4. The molecule has 1 saturated carbocycles. The number of aromatic nitrogens is 4. The normalized spacial score (nSPS) is 17.3. The second-order valence-electron chi connectivity index (χ2n) is 6.99. The van der Waals surface area contributed by atoms with Gasteiger partial charge in [-0.15, -0.1) is 0 Å². The zero-order chi connectivity index (χ0) is 16.6. The molecule has 2 aliphatic rings. The van der Waals surface area contributed by atoms with Crippen LogP contribution in [0, 0.1) is 0 Å². The molecule has 0 aromatic carbocycles. The molecule has 6 nitrogen and oxygen atoms in total. The monoisotopic (exact) mass is 334 g/mol. The van der Waals surface area contributed by atoms with Gasteiger partial charge in [-0.2, -0.15) is 5.10 Å². The zero-order valence-corrected chi connectivity index (χ0v) is 14.2. The second kappa shape index (κ2) is 6.11. The number of pyridine rings is 1. The largest absolute Gasteiger partial charge is 0.365 e. The first kappa shape index (κ1) is 14.8. The van der Waals surface area contributed by atoms with Gasteiger partial charge in [0.05, 0.1) is 17.4 Å². The number of anilines is 1. The third-order valence-corrected chi connectivity index (χ3v) is 5.38. The van der Waals surface area contributed by atoms with Gasteiger partial charge in [0.15, 0.2) is 0 Å². The lowest BCUT2D eigenvalue weighted by atomic mass is 10.1. The molecule has 1 aliphatic heterocycles. The van der Waals surface area contributed by atoms with E-state index in [-0.39, 0.29) is 0 Å². The highest BCUT2D eigenvalue weighted by Crippen LogP contribution is 2.34. The van der Waals surface area contributed by atoms with Crippen molar-refractivity contribution in [1.29, 1.82) is 0 Å². The van der Waals surface area contributed by atoms with Crippen molar-refractivity contribution < 1.29 is 0 Å². The Balaban J connectivity index is 1.44. The Kier molecular flexibility index (Phi) is 3.63. The Hall–Kier alpha value is -2.47. The van der Waals surface area contributed by atoms with Crippen molar-refractivity contribution in [3.63, 3.8) is 0 Å². The molecular formula is C19H22N6. The fourth-order valence-electron chi connectivity index (χ4n) is 4.00. The Morgan fingerprint density at radius 2 is 2.08 bits per heavy atom. The van der Waals surface area contributed by atoms with Crippen molar-refractivity contribution in [1.82, 2.24) is 24.9 Å². The summed E-state index contributed by atoms with van der Waals surface area (Å²) in [5, 5.41) is 11.4. The maximum absolute atomic E-state index is 4.92. The van der Waals surface area contributed by atoms with Crippen LogP contribution < -0.4 is 10.6 Å². The summed E-state index contributed by atoms with van der Waals surface area (Å²) < 4.78 is 1.91. The molecule has 0 radical (unpaired) electrons. The zero-order valence-electron chi connectivity index (χ0n) is 14.2. The van der Waals surface area contributed by atoms with E-state index in [1.54, 1.807) is 0 Å². The summed E-state index contributed by atoms with van der Waals surface area (Å²) in [6, 6.07) is 6.14. The summed E-state index contributed by atoms with van der Waals surface area (Å²) in [7, 11) is 0. The van der Waals surface area contributed by atoms with Gasteiger partial charge in [0.2, 0.25) is 0 Å². The first-order chi connectivity index (χ1) is 12.4. The van der Waals surface area contributed by atoms with Crippen LogP contribution >= 0.6 is 0 Å². The van der Waals surface area contributed by atoms with Crippen molar-refractivity contribution in [2.75, 3.05) is 5.32 Å². The van der Waals surface area contributed by atoms with Crippen LogP contribution in [-0.2, 0) is 19.6 Å². The van der Waals surface area contributed by atoms with Crippen molar-refractivity contribution in [2.24, 2.45) is 0 Å². The molecule has 0 amide bonds. The van der Waals surface area contributed by atoms with Crippen molar-refractivity contribution >= 4 is 11.3 Å². The lowest BCUT2D eigenvalue weighted by Gasteiger charge is -2.14. The molecule has 0 spiro atoms. The molecule has 3 aromatic heterocycles. The predicted molar refractivity (Wildman–Crippen MR) is 96.3 cm³/mol. The smallest absolute Gasteiger partial charge is 0.134 e. The minimum absolute atomic E-state index is 0.531. The van der Waals surface area contributed by atoms with Gasteiger partial charge >= 0.3 is 0 Å². The Bertz CT molecular complexity index is 909. The van der Waals surface area contributed by atoms with Gasteiger partial charge in [-0.3, -0.25) is 0 Å². The minimum atomic E-state index is 0.531. The minimum Gasteiger partial charge on any atom is -0.365 e. The number of hydrogen-bond acceptors (Lipinski definition) is 5. The molecule has 0 saturated heterocycles. The van der Waals surface area contributed by atoms with Gasteiger partial charge in [-0.1, -0.05) is 18.9 Å². The molecule has 3 aromatic rings. The Labute approximate surface area is 146 Å². The summed E-state index contributed by atoms with van der Waals surface area (Å²) >= 11 is 0. The quantitative estimate of drug-likeness (QED) is 0.768. The Morgan fingerprint density at radius 1 is 1.16 bits per heavy atom. The molecule has 6 heteroatoms. The molecule has 1 fully saturated rings. The average molecular weight is 334 g/mol. The first-order valence-corrected chi connectivity index (χ1v) is 9.14. The fourth-order valence-corrected chi connectivity index (χ4v) is 4.00. The third-order valence-electron chi connectivity index (χ3n) is 5.38. The average Bonchev–Trinajstić information content (AvgIpc) is 3.38. The van der Waals surface area contributed by atoms with E-state index in [0.29, 0.717) is 5.92 Å². The fraction of sp³-hybridized carbons (Fsp3) is 0.421. The van der Waals surface area contributed by atoms with E-state index in [0.717, 1.165) is 36.8 Å². The molecule has 1 aliphatic carbocycles. The van der Waals surface area contributed by atoms with Gasteiger partial charge in [0.25, 0.3) is 0 Å². The summed E-state index contributed by atoms with van der Waals surface area (Å²) in [6.07, 6.45) is 8.95. The van der Waals surface area contributed by atoms with Crippen LogP contribution in [0.2, 0.25) is 0 Å². The summed E-state index contributed by atoms with van der Waals surface area (Å²) in [5.41, 5.74) is 4.70. The second-order valence-corrected chi connectivity index (χ2v) is 6.99. The number of nitrogens with one attached hydrogen (secondary N) is 2. The highest BCUT2D eigenvalue weighted by molar-refractivity contribution is 5.56. The van der Waals surface area contributed by atoms with Crippen LogP contribution in [0.15, 0.2) is 30.6 Å². The maximum Gasteiger partial charge on any atom is 0.134 e. The van der Waals surface area contributed by atoms with Gasteiger partial charge < -0.3 is 10.6 Å². The number of hydrogen-bond donors (Lipinski definition) is 2. The molecule has 5 rings (SSSR count). The van der Waals surface area contributed by atoms with E-state index in [1.807, 2.05) is 29.0 Å². The highest BCUT2D eigenvalue weighted by atomic mass is 15.2. The number of rotatable bonds is 4. The van der Waals surface area contributed by atoms with E-state index in [4.69, 9.17) is 9.97 Å². The van der Waals surface area contributed by atoms with Crippen LogP contribution in [0.4, 0.5) is 5.82 Å². The van der Waals surface area contributed by atoms with Crippen molar-refractivity contribution in [3.05, 3.63) is 53.2 Å². The van der Waals surface area contributed by atoms with Crippen LogP contribution in [0.5, 0.6) is 0 Å². The van der Waals surface area contributed by atoms with Crippen molar-refractivity contribution in [2.45, 2.75) is 51.2 Å². The summed E-state index contributed by atoms with van der Waals surface area (Å²) in [6.45, 7) is 2.42. The van der Waals surface area contributed by atoms with Crippen molar-refractivity contribution in [3.8, 4) is 0 Å². The maximum atomic E-state index is 4.92. The van der Waals surface area contributed by atoms with E-state index in [1.165, 1.54) is 42.5 Å². The standard InChI is InChI=1S/C19H22N6/c1-2-6-13(5-1)18-23-16-12-20-11-15(16)19(24-18)21-9-14-10-22-25-8-4-3-7-17(14)25/h3-4,7-8,10,13,20H,1-2,5-6,9,11-12H2,(H,21,23,24). The predicted octanol–water partition coefficient (Wildman–Crippen LogP) is 3.00.